The monoisotopic (exact) mass is 387 g/mol. The number of hydrogen-bond acceptors (Lipinski definition) is 3. The summed E-state index contributed by atoms with van der Waals surface area (Å²) >= 11 is 4.13. The van der Waals surface area contributed by atoms with Crippen molar-refractivity contribution in [2.45, 2.75) is 26.0 Å². The molecule has 1 aromatic heterocycles. The number of rotatable bonds is 5. The molecule has 0 radical (unpaired) electrons. The molecule has 0 spiro atoms. The van der Waals surface area contributed by atoms with Crippen LogP contribution < -0.4 is 10.1 Å². The van der Waals surface area contributed by atoms with Crippen LogP contribution in [0.2, 0.25) is 0 Å². The molecule has 0 aliphatic rings. The molecule has 1 heterocycles. The summed E-state index contributed by atoms with van der Waals surface area (Å²) in [5.74, 6) is 0.928. The average Bonchev–Trinajstić information content (AvgIpc) is 2.76. The fourth-order valence-electron chi connectivity index (χ4n) is 2.04. The maximum Gasteiger partial charge on any atom is 0.120 e. The molecule has 0 aliphatic carbocycles. The third kappa shape index (κ3) is 3.94. The number of halogens is 1. The molecule has 2 nitrogen and oxygen atoms in total. The van der Waals surface area contributed by atoms with Gasteiger partial charge in [0.05, 0.1) is 15.0 Å². The van der Waals surface area contributed by atoms with Crippen molar-refractivity contribution in [3.8, 4) is 5.75 Å². The Kier molecular flexibility index (Phi) is 5.24. The first-order valence-electron chi connectivity index (χ1n) is 6.28. The van der Waals surface area contributed by atoms with Crippen LogP contribution in [0.3, 0.4) is 0 Å². The molecule has 1 unspecified atom stereocenters. The maximum atomic E-state index is 5.76. The van der Waals surface area contributed by atoms with E-state index in [-0.39, 0.29) is 12.1 Å². The second kappa shape index (κ2) is 6.72. The summed E-state index contributed by atoms with van der Waals surface area (Å²) in [5, 5.41) is 5.58. The van der Waals surface area contributed by atoms with Gasteiger partial charge in [-0.2, -0.15) is 0 Å². The Hall–Kier alpha value is -0.590. The maximum absolute atomic E-state index is 5.76. The molecule has 0 amide bonds. The highest BCUT2D eigenvalue weighted by atomic mass is 127. The topological polar surface area (TPSA) is 21.3 Å². The molecule has 1 N–H and O–H groups in total. The van der Waals surface area contributed by atoms with Crippen molar-refractivity contribution < 1.29 is 4.74 Å². The molecule has 0 saturated carbocycles. The molecule has 2 rings (SSSR count). The molecular weight excluding hydrogens is 369 g/mol. The number of thiophene rings is 1. The first-order valence-corrected chi connectivity index (χ1v) is 8.24. The van der Waals surface area contributed by atoms with Gasteiger partial charge in [-0.1, -0.05) is 12.1 Å². The molecule has 102 valence electrons. The van der Waals surface area contributed by atoms with E-state index in [0.717, 1.165) is 5.75 Å². The van der Waals surface area contributed by atoms with Crippen LogP contribution in [0, 0.1) is 2.88 Å². The number of hydrogen-bond donors (Lipinski definition) is 1. The summed E-state index contributed by atoms with van der Waals surface area (Å²) < 4.78 is 7.07. The quantitative estimate of drug-likeness (QED) is 0.766. The highest BCUT2D eigenvalue weighted by Gasteiger charge is 2.14. The Morgan fingerprint density at radius 3 is 2.58 bits per heavy atom. The second-order valence-corrected chi connectivity index (χ2v) is 7.45. The molecule has 0 saturated heterocycles. The minimum atomic E-state index is 0.199. The van der Waals surface area contributed by atoms with Crippen LogP contribution in [-0.2, 0) is 0 Å². The Bertz CT molecular complexity index is 538. The molecule has 0 bridgehead atoms. The van der Waals surface area contributed by atoms with E-state index in [1.165, 1.54) is 14.0 Å². The van der Waals surface area contributed by atoms with E-state index in [9.17, 15) is 0 Å². The highest BCUT2D eigenvalue weighted by molar-refractivity contribution is 14.1. The van der Waals surface area contributed by atoms with Gasteiger partial charge in [0.15, 0.2) is 0 Å². The normalized spacial score (nSPS) is 12.7. The molecular formula is C15H18INOS. The van der Waals surface area contributed by atoms with Crippen molar-refractivity contribution in [2.75, 3.05) is 7.05 Å². The van der Waals surface area contributed by atoms with Gasteiger partial charge in [0.25, 0.3) is 0 Å². The van der Waals surface area contributed by atoms with E-state index in [4.69, 9.17) is 4.74 Å². The lowest BCUT2D eigenvalue weighted by atomic mass is 10.0. The Morgan fingerprint density at radius 2 is 2.00 bits per heavy atom. The zero-order chi connectivity index (χ0) is 13.8. The zero-order valence-corrected chi connectivity index (χ0v) is 14.3. The molecule has 19 heavy (non-hydrogen) atoms. The predicted molar refractivity (Wildman–Crippen MR) is 90.1 cm³/mol. The summed E-state index contributed by atoms with van der Waals surface area (Å²) in [5.41, 5.74) is 2.54. The fourth-order valence-corrected chi connectivity index (χ4v) is 3.44. The number of benzene rings is 1. The largest absolute Gasteiger partial charge is 0.491 e. The van der Waals surface area contributed by atoms with Gasteiger partial charge >= 0.3 is 0 Å². The predicted octanol–water partition coefficient (Wildman–Crippen LogP) is 4.45. The van der Waals surface area contributed by atoms with Gasteiger partial charge in [-0.25, -0.2) is 0 Å². The van der Waals surface area contributed by atoms with Gasteiger partial charge in [0, 0.05) is 0 Å². The van der Waals surface area contributed by atoms with Crippen molar-refractivity contribution in [3.05, 3.63) is 49.7 Å². The van der Waals surface area contributed by atoms with Gasteiger partial charge < -0.3 is 10.1 Å². The summed E-state index contributed by atoms with van der Waals surface area (Å²) in [6.45, 7) is 4.09. The van der Waals surface area contributed by atoms with Gasteiger partial charge in [-0.15, -0.1) is 11.3 Å². The fraction of sp³-hybridized carbons (Fsp3) is 0.333. The van der Waals surface area contributed by atoms with Crippen LogP contribution in [0.1, 0.15) is 31.0 Å². The van der Waals surface area contributed by atoms with Crippen LogP contribution in [0.25, 0.3) is 0 Å². The van der Waals surface area contributed by atoms with Gasteiger partial charge in [0.2, 0.25) is 0 Å². The first kappa shape index (κ1) is 14.8. The molecule has 1 atom stereocenters. The summed E-state index contributed by atoms with van der Waals surface area (Å²) in [4.78, 5) is 0. The molecule has 0 fully saturated rings. The van der Waals surface area contributed by atoms with E-state index in [0.29, 0.717) is 0 Å². The average molecular weight is 387 g/mol. The van der Waals surface area contributed by atoms with E-state index >= 15 is 0 Å². The Morgan fingerprint density at radius 1 is 1.21 bits per heavy atom. The Labute approximate surface area is 132 Å². The van der Waals surface area contributed by atoms with Crippen LogP contribution in [-0.4, -0.2) is 13.2 Å². The smallest absolute Gasteiger partial charge is 0.120 e. The van der Waals surface area contributed by atoms with E-state index < -0.39 is 0 Å². The third-order valence-electron chi connectivity index (χ3n) is 2.77. The second-order valence-electron chi connectivity index (χ2n) is 4.64. The van der Waals surface area contributed by atoms with E-state index in [2.05, 4.69) is 57.6 Å². The lowest BCUT2D eigenvalue weighted by Crippen LogP contribution is -2.17. The third-order valence-corrected chi connectivity index (χ3v) is 4.58. The molecule has 4 heteroatoms. The lowest BCUT2D eigenvalue weighted by Gasteiger charge is -2.17. The molecule has 1 aromatic carbocycles. The van der Waals surface area contributed by atoms with Gasteiger partial charge in [0.1, 0.15) is 5.75 Å². The molecule has 2 aromatic rings. The van der Waals surface area contributed by atoms with Crippen LogP contribution in [0.5, 0.6) is 5.75 Å². The summed E-state index contributed by atoms with van der Waals surface area (Å²) in [7, 11) is 1.99. The highest BCUT2D eigenvalue weighted by Crippen LogP contribution is 2.29. The number of ether oxygens (including phenoxy) is 1. The molecule has 0 aliphatic heterocycles. The van der Waals surface area contributed by atoms with Crippen LogP contribution in [0.4, 0.5) is 0 Å². The summed E-state index contributed by atoms with van der Waals surface area (Å²) in [6.07, 6.45) is 0.199. The van der Waals surface area contributed by atoms with Crippen LogP contribution in [0.15, 0.2) is 35.7 Å². The van der Waals surface area contributed by atoms with E-state index in [1.54, 1.807) is 11.3 Å². The Balaban J connectivity index is 2.28. The van der Waals surface area contributed by atoms with Crippen molar-refractivity contribution in [3.63, 3.8) is 0 Å². The van der Waals surface area contributed by atoms with Crippen LogP contribution >= 0.6 is 33.9 Å². The van der Waals surface area contributed by atoms with E-state index in [1.807, 2.05) is 27.0 Å². The van der Waals surface area contributed by atoms with Gasteiger partial charge in [-0.3, -0.25) is 0 Å². The summed E-state index contributed by atoms with van der Waals surface area (Å²) in [6, 6.07) is 10.8. The lowest BCUT2D eigenvalue weighted by molar-refractivity contribution is 0.242. The first-order chi connectivity index (χ1) is 9.10. The standard InChI is InChI=1S/C15H18INOS/c1-10(2)18-13-6-4-5-11(7-13)15(17-3)12-8-14(16)19-9-12/h4-10,15,17H,1-3H3. The van der Waals surface area contributed by atoms with Crippen molar-refractivity contribution in [2.24, 2.45) is 0 Å². The van der Waals surface area contributed by atoms with Crippen molar-refractivity contribution in [1.82, 2.24) is 5.32 Å². The zero-order valence-electron chi connectivity index (χ0n) is 11.3. The van der Waals surface area contributed by atoms with Gasteiger partial charge in [-0.05, 0) is 78.2 Å². The number of nitrogens with one attached hydrogen (secondary N) is 1. The SMILES string of the molecule is CNC(c1cccc(OC(C)C)c1)c1csc(I)c1. The minimum Gasteiger partial charge on any atom is -0.491 e. The van der Waals surface area contributed by atoms with Crippen molar-refractivity contribution in [1.29, 1.82) is 0 Å². The van der Waals surface area contributed by atoms with Crippen molar-refractivity contribution >= 4 is 33.9 Å². The minimum absolute atomic E-state index is 0.199.